The van der Waals surface area contributed by atoms with Gasteiger partial charge in [-0.2, -0.15) is 5.26 Å². The molecule has 1 heterocycles. The van der Waals surface area contributed by atoms with E-state index in [1.165, 1.54) is 27.8 Å². The second-order valence-corrected chi connectivity index (χ2v) is 14.2. The fourth-order valence-electron chi connectivity index (χ4n) is 5.61. The molecule has 6 aromatic rings. The molecule has 0 bridgehead atoms. The Labute approximate surface area is 297 Å². The molecule has 0 fully saturated rings. The predicted molar refractivity (Wildman–Crippen MR) is 197 cm³/mol. The van der Waals surface area contributed by atoms with Crippen molar-refractivity contribution in [3.8, 4) is 28.5 Å². The molecule has 0 saturated heterocycles. The Morgan fingerprint density at radius 3 is 2.12 bits per heavy atom. The monoisotopic (exact) mass is 811 g/mol. The smallest absolute Gasteiger partial charge is 0.325 e. The van der Waals surface area contributed by atoms with Gasteiger partial charge in [0.2, 0.25) is 0 Å². The number of aryl methyl sites for hydroxylation is 2. The Balaban J connectivity index is 0.000000319. The minimum atomic E-state index is -0.306. The van der Waals surface area contributed by atoms with Gasteiger partial charge in [-0.05, 0) is 82.7 Å². The van der Waals surface area contributed by atoms with Gasteiger partial charge in [-0.15, -0.1) is 34.9 Å². The summed E-state index contributed by atoms with van der Waals surface area (Å²) in [5.41, 5.74) is 6.70. The molecular weight excluding hydrogens is 769 g/mol. The second-order valence-electron chi connectivity index (χ2n) is 14.2. The van der Waals surface area contributed by atoms with Gasteiger partial charge >= 0.3 is 5.78 Å². The number of carbonyl (C=O) groups excluding carboxylic acids is 1. The molecule has 48 heavy (non-hydrogen) atoms. The Morgan fingerprint density at radius 1 is 0.792 bits per heavy atom. The quantitative estimate of drug-likeness (QED) is 0.0636. The van der Waals surface area contributed by atoms with Crippen molar-refractivity contribution in [3.63, 3.8) is 0 Å². The summed E-state index contributed by atoms with van der Waals surface area (Å²) in [5.74, 6) is 0.417. The average molecular weight is 811 g/mol. The number of hydrogen-bond donors (Lipinski definition) is 1. The molecule has 2 N–H and O–H groups in total. The molecule has 0 aliphatic carbocycles. The topological polar surface area (TPSA) is 78.3 Å². The number of aliphatic hydroxyl groups excluding tert-OH is 1. The summed E-state index contributed by atoms with van der Waals surface area (Å²) in [6.07, 6.45) is 3.34. The number of nitriles is 1. The number of benzene rings is 5. The molecule has 0 amide bonds. The Bertz CT molecular complexity index is 2210. The van der Waals surface area contributed by atoms with Crippen molar-refractivity contribution in [2.24, 2.45) is 10.8 Å². The fourth-order valence-corrected chi connectivity index (χ4v) is 5.61. The Morgan fingerprint density at radius 2 is 1.48 bits per heavy atom. The molecule has 6 rings (SSSR count). The van der Waals surface area contributed by atoms with Crippen molar-refractivity contribution >= 4 is 38.1 Å². The number of allylic oxidation sites excluding steroid dienone is 2. The third kappa shape index (κ3) is 7.74. The molecular formula is C43H42IrN2O2. The van der Waals surface area contributed by atoms with Crippen LogP contribution < -0.4 is 0 Å². The minimum absolute atomic E-state index is 0. The number of ketones is 1. The first-order chi connectivity index (χ1) is 22.2. The van der Waals surface area contributed by atoms with Crippen molar-refractivity contribution in [1.29, 1.82) is 5.26 Å². The summed E-state index contributed by atoms with van der Waals surface area (Å²) in [5, 5.41) is 25.9. The van der Waals surface area contributed by atoms with E-state index in [4.69, 9.17) is 4.98 Å². The summed E-state index contributed by atoms with van der Waals surface area (Å²) in [7, 11) is 0. The van der Waals surface area contributed by atoms with Gasteiger partial charge in [-0.25, -0.2) is 0 Å². The van der Waals surface area contributed by atoms with Crippen LogP contribution in [-0.4, -0.2) is 20.7 Å². The van der Waals surface area contributed by atoms with Crippen molar-refractivity contribution in [3.05, 3.63) is 126 Å². The molecule has 1 radical (unpaired) electrons. The van der Waals surface area contributed by atoms with Crippen LogP contribution in [-0.2, 0) is 20.1 Å². The first-order valence-corrected chi connectivity index (χ1v) is 15.9. The van der Waals surface area contributed by atoms with Crippen molar-refractivity contribution in [2.75, 3.05) is 0 Å². The van der Waals surface area contributed by atoms with Crippen LogP contribution in [0.25, 0.3) is 54.7 Å². The van der Waals surface area contributed by atoms with Gasteiger partial charge < -0.3 is 10.1 Å². The molecule has 0 aliphatic heterocycles. The maximum Gasteiger partial charge on any atom is 0.325 e. The average Bonchev–Trinajstić information content (AvgIpc) is 3.02. The summed E-state index contributed by atoms with van der Waals surface area (Å²) in [4.78, 5) is 14.3. The number of aliphatic hydroxyl groups is 1. The van der Waals surface area contributed by atoms with Gasteiger partial charge in [0.25, 0.3) is 0 Å². The maximum atomic E-state index is 9.60. The molecule has 245 valence electrons. The molecule has 5 heteroatoms. The maximum absolute atomic E-state index is 9.60. The molecule has 1 aromatic heterocycles. The van der Waals surface area contributed by atoms with Gasteiger partial charge in [0.1, 0.15) is 5.76 Å². The van der Waals surface area contributed by atoms with E-state index in [0.717, 1.165) is 44.1 Å². The zero-order chi connectivity index (χ0) is 34.1. The Kier molecular flexibility index (Phi) is 10.7. The third-order valence-electron chi connectivity index (χ3n) is 8.33. The van der Waals surface area contributed by atoms with Crippen LogP contribution in [0.15, 0.2) is 103 Å². The minimum Gasteiger partial charge on any atom is -0.511 e. The van der Waals surface area contributed by atoms with E-state index in [0.29, 0.717) is 5.56 Å². The van der Waals surface area contributed by atoms with Gasteiger partial charge in [0.15, 0.2) is 0 Å². The normalized spacial score (nSPS) is 11.9. The first-order valence-electron chi connectivity index (χ1n) is 15.9. The Hall–Kier alpha value is -4.62. The van der Waals surface area contributed by atoms with Crippen molar-refractivity contribution in [1.82, 2.24) is 4.98 Å². The number of fused-ring (bicyclic) bond motifs is 4. The van der Waals surface area contributed by atoms with Crippen LogP contribution in [0, 0.1) is 42.1 Å². The van der Waals surface area contributed by atoms with E-state index in [1.807, 2.05) is 72.0 Å². The van der Waals surface area contributed by atoms with Crippen molar-refractivity contribution in [2.45, 2.75) is 55.4 Å². The first kappa shape index (κ1) is 36.2. The zero-order valence-electron chi connectivity index (χ0n) is 28.9. The molecule has 0 spiro atoms. The van der Waals surface area contributed by atoms with E-state index in [9.17, 15) is 15.2 Å². The molecule has 0 atom stereocenters. The second kappa shape index (κ2) is 14.2. The molecule has 5 aromatic carbocycles. The summed E-state index contributed by atoms with van der Waals surface area (Å²) >= 11 is 0. The third-order valence-corrected chi connectivity index (χ3v) is 8.33. The molecule has 0 saturated carbocycles. The summed E-state index contributed by atoms with van der Waals surface area (Å²) in [6, 6.07) is 35.3. The number of rotatable bonds is 3. The standard InChI is InChI=1S/C32H21N2.C11H20O2.Ir/c1-20-15-21(2)17-25(16-20)32-31-12-8-23-18-22(7-10-28(23)30(31)13-14-34-32)27-11-9-24(19-33)26-5-3-4-6-29(26)27;1-10(2,3)8(12)7-9(13)11(4,5)6;/h3-16,18H,1-2H3;7,12H,1-6H3;/q-1;;/p+1/b;8-7-;. The number of hydrogen-bond acceptors (Lipinski definition) is 3. The number of nitrogens with zero attached hydrogens (tertiary/aromatic N) is 2. The van der Waals surface area contributed by atoms with Gasteiger partial charge in [-0.3, -0.25) is 4.79 Å². The van der Waals surface area contributed by atoms with Crippen molar-refractivity contribution < 1.29 is 30.0 Å². The number of aromatic nitrogens is 1. The molecule has 4 nitrogen and oxygen atoms in total. The summed E-state index contributed by atoms with van der Waals surface area (Å²) < 4.78 is 0. The van der Waals surface area contributed by atoms with E-state index >= 15 is 0 Å². The molecule has 0 aliphatic rings. The van der Waals surface area contributed by atoms with Crippen LogP contribution in [0.3, 0.4) is 0 Å². The van der Waals surface area contributed by atoms with Crippen LogP contribution in [0.4, 0.5) is 0 Å². The van der Waals surface area contributed by atoms with E-state index in [2.05, 4.69) is 86.6 Å². The summed E-state index contributed by atoms with van der Waals surface area (Å²) in [6.45, 7) is 15.6. The van der Waals surface area contributed by atoms with Crippen LogP contribution >= 0.6 is 0 Å². The largest absolute Gasteiger partial charge is 0.511 e. The predicted octanol–water partition coefficient (Wildman–Crippen LogP) is 11.2. The van der Waals surface area contributed by atoms with Crippen LogP contribution in [0.1, 0.15) is 58.2 Å². The SMILES string of the molecule is CC(C)(C)C(=[OH+])/C=C(\O)C(C)(C)C.Cc1[c-]c(-c2nccc3c2ccc2cc(-c4ccc(C#N)c5ccccc45)ccc23)cc(C)c1.[Ir]. The van der Waals surface area contributed by atoms with Gasteiger partial charge in [0.05, 0.1) is 23.1 Å². The van der Waals surface area contributed by atoms with Crippen LogP contribution in [0.2, 0.25) is 0 Å². The van der Waals surface area contributed by atoms with Gasteiger partial charge in [0, 0.05) is 37.1 Å². The van der Waals surface area contributed by atoms with E-state index < -0.39 is 0 Å². The van der Waals surface area contributed by atoms with Gasteiger partial charge in [-0.1, -0.05) is 89.2 Å². The zero-order valence-corrected chi connectivity index (χ0v) is 31.3. The van der Waals surface area contributed by atoms with E-state index in [-0.39, 0.29) is 42.5 Å². The fraction of sp³-hybridized carbons (Fsp3) is 0.233. The number of pyridine rings is 1. The molecule has 0 unspecified atom stereocenters. The van der Waals surface area contributed by atoms with E-state index in [1.54, 1.807) is 0 Å². The van der Waals surface area contributed by atoms with Crippen LogP contribution in [0.5, 0.6) is 0 Å².